The van der Waals surface area contributed by atoms with Crippen LogP contribution in [0.5, 0.6) is 0 Å². The molecule has 0 radical (unpaired) electrons. The lowest BCUT2D eigenvalue weighted by Gasteiger charge is -1.88. The fourth-order valence-corrected chi connectivity index (χ4v) is 0.112. The molecule has 0 heterocycles. The van der Waals surface area contributed by atoms with Gasteiger partial charge in [0.25, 0.3) is 0 Å². The highest BCUT2D eigenvalue weighted by atomic mass is 16.6. The van der Waals surface area contributed by atoms with Gasteiger partial charge in [0.05, 0.1) is 0 Å². The van der Waals surface area contributed by atoms with Gasteiger partial charge >= 0.3 is 12.4 Å². The van der Waals surface area contributed by atoms with Crippen molar-refractivity contribution >= 4 is 12.4 Å². The third-order valence-corrected chi connectivity index (χ3v) is 0.391. The minimum atomic E-state index is -1.13. The molecule has 0 saturated carbocycles. The molecule has 0 unspecified atom stereocenters. The first-order valence-electron chi connectivity index (χ1n) is 1.71. The van der Waals surface area contributed by atoms with Crippen LogP contribution in [-0.2, 0) is 14.3 Å². The van der Waals surface area contributed by atoms with E-state index in [1.165, 1.54) is 0 Å². The van der Waals surface area contributed by atoms with Crippen LogP contribution in [-0.4, -0.2) is 17.5 Å². The Kier molecular flexibility index (Phi) is 2.33. The topological polar surface area (TPSA) is 63.6 Å². The molecule has 4 nitrogen and oxygen atoms in total. The van der Waals surface area contributed by atoms with Crippen molar-refractivity contribution in [3.05, 3.63) is 12.3 Å². The van der Waals surface area contributed by atoms with Gasteiger partial charge in [-0.2, -0.15) is 0 Å². The van der Waals surface area contributed by atoms with Crippen LogP contribution in [0.3, 0.4) is 0 Å². The largest absolute Gasteiger partial charge is 0.502 e. The highest BCUT2D eigenvalue weighted by Gasteiger charge is 2.02. The van der Waals surface area contributed by atoms with Crippen molar-refractivity contribution in [3.63, 3.8) is 0 Å². The number of ether oxygens (including phenoxy) is 1. The van der Waals surface area contributed by atoms with Crippen LogP contribution in [0.15, 0.2) is 12.3 Å². The zero-order valence-corrected chi connectivity index (χ0v) is 3.96. The zero-order valence-electron chi connectivity index (χ0n) is 3.96. The minimum absolute atomic E-state index is 0.0796. The number of aliphatic hydroxyl groups is 1. The van der Waals surface area contributed by atoms with Gasteiger partial charge < -0.3 is 9.84 Å². The number of rotatable bonds is 2. The predicted molar refractivity (Wildman–Crippen MR) is 23.9 cm³/mol. The fourth-order valence-electron chi connectivity index (χ4n) is 0.112. The minimum Gasteiger partial charge on any atom is -0.502 e. The molecule has 44 valence electrons. The SMILES string of the molecule is C=C(O)C(=O)OC=O. The Balaban J connectivity index is 3.65. The predicted octanol–water partition coefficient (Wildman–Crippen LogP) is -0.242. The molecular formula is C4H4O4. The summed E-state index contributed by atoms with van der Waals surface area (Å²) in [5, 5.41) is 8.12. The van der Waals surface area contributed by atoms with Gasteiger partial charge in [0.15, 0.2) is 5.76 Å². The molecule has 1 N–H and O–H groups in total. The van der Waals surface area contributed by atoms with E-state index in [9.17, 15) is 9.59 Å². The Bertz CT molecular complexity index is 126. The average molecular weight is 116 g/mol. The summed E-state index contributed by atoms with van der Waals surface area (Å²) in [6.45, 7) is 2.72. The maximum Gasteiger partial charge on any atom is 0.380 e. The molecule has 0 aromatic carbocycles. The Morgan fingerprint density at radius 3 is 2.38 bits per heavy atom. The highest BCUT2D eigenvalue weighted by molar-refractivity contribution is 5.89. The van der Waals surface area contributed by atoms with Crippen LogP contribution in [0.1, 0.15) is 0 Å². The van der Waals surface area contributed by atoms with E-state index in [4.69, 9.17) is 5.11 Å². The van der Waals surface area contributed by atoms with E-state index >= 15 is 0 Å². The van der Waals surface area contributed by atoms with Crippen molar-refractivity contribution in [2.24, 2.45) is 0 Å². The van der Waals surface area contributed by atoms with Gasteiger partial charge in [0.2, 0.25) is 0 Å². The molecule has 0 aliphatic heterocycles. The summed E-state index contributed by atoms with van der Waals surface area (Å²) in [5.74, 6) is -1.91. The van der Waals surface area contributed by atoms with Gasteiger partial charge in [-0.15, -0.1) is 0 Å². The molecule has 0 bridgehead atoms. The van der Waals surface area contributed by atoms with Crippen molar-refractivity contribution in [1.82, 2.24) is 0 Å². The van der Waals surface area contributed by atoms with Crippen molar-refractivity contribution in [3.8, 4) is 0 Å². The Labute approximate surface area is 45.4 Å². The second-order valence-electron chi connectivity index (χ2n) is 0.948. The average Bonchev–Trinajstić information content (AvgIpc) is 1.67. The maximum atomic E-state index is 9.94. The smallest absolute Gasteiger partial charge is 0.380 e. The Morgan fingerprint density at radius 1 is 1.75 bits per heavy atom. The van der Waals surface area contributed by atoms with Crippen LogP contribution in [0, 0.1) is 0 Å². The molecule has 0 aliphatic carbocycles. The third kappa shape index (κ3) is 1.96. The number of hydrogen-bond acceptors (Lipinski definition) is 4. The molecule has 4 heteroatoms. The molecule has 0 saturated heterocycles. The molecule has 0 rings (SSSR count). The van der Waals surface area contributed by atoms with Gasteiger partial charge in [-0.3, -0.25) is 4.79 Å². The van der Waals surface area contributed by atoms with Crippen molar-refractivity contribution in [1.29, 1.82) is 0 Å². The number of esters is 1. The molecule has 0 aromatic rings. The van der Waals surface area contributed by atoms with Crippen LogP contribution in [0.2, 0.25) is 0 Å². The van der Waals surface area contributed by atoms with Gasteiger partial charge in [-0.05, 0) is 6.58 Å². The third-order valence-electron chi connectivity index (χ3n) is 0.391. The van der Waals surface area contributed by atoms with Gasteiger partial charge in [0, 0.05) is 0 Å². The zero-order chi connectivity index (χ0) is 6.57. The lowest BCUT2D eigenvalue weighted by atomic mass is 10.6. The van der Waals surface area contributed by atoms with E-state index in [2.05, 4.69) is 11.3 Å². The fraction of sp³-hybridized carbons (Fsp3) is 0. The summed E-state index contributed by atoms with van der Waals surface area (Å²) in [6, 6.07) is 0. The summed E-state index contributed by atoms with van der Waals surface area (Å²) >= 11 is 0. The second kappa shape index (κ2) is 2.79. The quantitative estimate of drug-likeness (QED) is 0.178. The van der Waals surface area contributed by atoms with Crippen LogP contribution < -0.4 is 0 Å². The van der Waals surface area contributed by atoms with Crippen molar-refractivity contribution in [2.45, 2.75) is 0 Å². The van der Waals surface area contributed by atoms with Crippen molar-refractivity contribution < 1.29 is 19.4 Å². The van der Waals surface area contributed by atoms with Gasteiger partial charge in [-0.25, -0.2) is 4.79 Å². The normalized spacial score (nSPS) is 7.50. The summed E-state index contributed by atoms with van der Waals surface area (Å²) < 4.78 is 3.63. The summed E-state index contributed by atoms with van der Waals surface area (Å²) in [6.07, 6.45) is 0. The first-order valence-corrected chi connectivity index (χ1v) is 1.71. The standard InChI is InChI=1S/C4H4O4/c1-3(6)4(7)8-2-5/h2,6H,1H2. The molecule has 0 spiro atoms. The number of hydrogen-bond donors (Lipinski definition) is 1. The van der Waals surface area contributed by atoms with Crippen molar-refractivity contribution in [2.75, 3.05) is 0 Å². The first-order chi connectivity index (χ1) is 3.68. The van der Waals surface area contributed by atoms with E-state index in [-0.39, 0.29) is 6.47 Å². The highest BCUT2D eigenvalue weighted by Crippen LogP contribution is 1.83. The van der Waals surface area contributed by atoms with Gasteiger partial charge in [-0.1, -0.05) is 0 Å². The summed E-state index contributed by atoms with van der Waals surface area (Å²) in [4.78, 5) is 19.3. The molecule has 0 aromatic heterocycles. The molecule has 0 aliphatic rings. The lowest BCUT2D eigenvalue weighted by molar-refractivity contribution is -0.150. The molecular weight excluding hydrogens is 112 g/mol. The number of aliphatic hydroxyl groups excluding tert-OH is 1. The molecule has 0 atom stereocenters. The monoisotopic (exact) mass is 116 g/mol. The Hall–Kier alpha value is -1.32. The van der Waals surface area contributed by atoms with E-state index in [0.717, 1.165) is 0 Å². The molecule has 0 fully saturated rings. The number of carbonyl (C=O) groups is 2. The summed E-state index contributed by atoms with van der Waals surface area (Å²) in [5.41, 5.74) is 0. The first kappa shape index (κ1) is 6.68. The maximum absolute atomic E-state index is 9.94. The molecule has 8 heavy (non-hydrogen) atoms. The van der Waals surface area contributed by atoms with Crippen LogP contribution in [0.25, 0.3) is 0 Å². The van der Waals surface area contributed by atoms with E-state index in [1.54, 1.807) is 0 Å². The Morgan fingerprint density at radius 2 is 2.25 bits per heavy atom. The lowest BCUT2D eigenvalue weighted by Crippen LogP contribution is -2.03. The summed E-state index contributed by atoms with van der Waals surface area (Å²) in [7, 11) is 0. The van der Waals surface area contributed by atoms with E-state index < -0.39 is 11.7 Å². The van der Waals surface area contributed by atoms with E-state index in [0.29, 0.717) is 0 Å². The molecule has 0 amide bonds. The van der Waals surface area contributed by atoms with Crippen LogP contribution >= 0.6 is 0 Å². The van der Waals surface area contributed by atoms with E-state index in [1.807, 2.05) is 0 Å². The van der Waals surface area contributed by atoms with Gasteiger partial charge in [0.1, 0.15) is 0 Å². The van der Waals surface area contributed by atoms with Crippen LogP contribution in [0.4, 0.5) is 0 Å². The second-order valence-corrected chi connectivity index (χ2v) is 0.948. The number of carbonyl (C=O) groups excluding carboxylic acids is 2.